The summed E-state index contributed by atoms with van der Waals surface area (Å²) in [7, 11) is 0. The van der Waals surface area contributed by atoms with Gasteiger partial charge in [-0.25, -0.2) is 4.39 Å². The molecule has 0 saturated heterocycles. The van der Waals surface area contributed by atoms with Crippen LogP contribution in [0, 0.1) is 5.82 Å². The van der Waals surface area contributed by atoms with Gasteiger partial charge < -0.3 is 11.1 Å². The second-order valence-corrected chi connectivity index (χ2v) is 5.61. The summed E-state index contributed by atoms with van der Waals surface area (Å²) < 4.78 is 13.6. The number of anilines is 2. The third-order valence-corrected chi connectivity index (χ3v) is 3.74. The van der Waals surface area contributed by atoms with Gasteiger partial charge in [0.25, 0.3) is 5.91 Å². The van der Waals surface area contributed by atoms with E-state index < -0.39 is 5.82 Å². The standard InChI is InChI=1S/C16H16BrFN2O/c1-2-3-10-4-6-11(7-5-10)20-16(21)12-8-15(19)14(18)9-13(12)17/h4-9H,2-3,19H2,1H3,(H,20,21). The maximum absolute atomic E-state index is 13.3. The van der Waals surface area contributed by atoms with E-state index in [0.29, 0.717) is 15.7 Å². The molecule has 0 radical (unpaired) electrons. The predicted molar refractivity (Wildman–Crippen MR) is 86.9 cm³/mol. The van der Waals surface area contributed by atoms with Crippen LogP contribution in [0.1, 0.15) is 29.3 Å². The highest BCUT2D eigenvalue weighted by molar-refractivity contribution is 9.10. The summed E-state index contributed by atoms with van der Waals surface area (Å²) in [4.78, 5) is 12.2. The van der Waals surface area contributed by atoms with Crippen LogP contribution >= 0.6 is 15.9 Å². The molecule has 0 aliphatic carbocycles. The minimum Gasteiger partial charge on any atom is -0.396 e. The van der Waals surface area contributed by atoms with Crippen molar-refractivity contribution in [2.45, 2.75) is 19.8 Å². The van der Waals surface area contributed by atoms with Gasteiger partial charge in [0.1, 0.15) is 5.82 Å². The lowest BCUT2D eigenvalue weighted by atomic mass is 10.1. The number of benzene rings is 2. The van der Waals surface area contributed by atoms with Crippen LogP contribution in [0.4, 0.5) is 15.8 Å². The zero-order chi connectivity index (χ0) is 15.4. The number of nitrogens with one attached hydrogen (secondary N) is 1. The Morgan fingerprint density at radius 1 is 1.29 bits per heavy atom. The minimum atomic E-state index is -0.553. The zero-order valence-corrected chi connectivity index (χ0v) is 13.2. The number of halogens is 2. The molecule has 21 heavy (non-hydrogen) atoms. The topological polar surface area (TPSA) is 55.1 Å². The average Bonchev–Trinajstić information content (AvgIpc) is 2.45. The van der Waals surface area contributed by atoms with Gasteiger partial charge in [0.15, 0.2) is 0 Å². The SMILES string of the molecule is CCCc1ccc(NC(=O)c2cc(N)c(F)cc2Br)cc1. The average molecular weight is 351 g/mol. The Balaban J connectivity index is 2.16. The Labute approximate surface area is 131 Å². The summed E-state index contributed by atoms with van der Waals surface area (Å²) in [5.74, 6) is -0.890. The fourth-order valence-corrected chi connectivity index (χ4v) is 2.48. The number of hydrogen-bond acceptors (Lipinski definition) is 2. The molecule has 110 valence electrons. The van der Waals surface area contributed by atoms with E-state index in [-0.39, 0.29) is 11.6 Å². The smallest absolute Gasteiger partial charge is 0.256 e. The Morgan fingerprint density at radius 3 is 2.57 bits per heavy atom. The molecule has 5 heteroatoms. The first-order valence-electron chi connectivity index (χ1n) is 6.66. The summed E-state index contributed by atoms with van der Waals surface area (Å²) in [5, 5.41) is 2.77. The van der Waals surface area contributed by atoms with Crippen molar-refractivity contribution in [1.29, 1.82) is 0 Å². The van der Waals surface area contributed by atoms with Crippen LogP contribution in [0.5, 0.6) is 0 Å². The van der Waals surface area contributed by atoms with Crippen molar-refractivity contribution in [3.05, 3.63) is 57.8 Å². The van der Waals surface area contributed by atoms with Crippen molar-refractivity contribution in [2.75, 3.05) is 11.1 Å². The van der Waals surface area contributed by atoms with Crippen LogP contribution in [-0.2, 0) is 6.42 Å². The highest BCUT2D eigenvalue weighted by Crippen LogP contribution is 2.24. The van der Waals surface area contributed by atoms with Gasteiger partial charge in [-0.1, -0.05) is 25.5 Å². The fourth-order valence-electron chi connectivity index (χ4n) is 1.98. The predicted octanol–water partition coefficient (Wildman–Crippen LogP) is 4.38. The molecule has 0 heterocycles. The molecule has 0 bridgehead atoms. The van der Waals surface area contributed by atoms with Crippen molar-refractivity contribution in [2.24, 2.45) is 0 Å². The van der Waals surface area contributed by atoms with Crippen molar-refractivity contribution >= 4 is 33.2 Å². The maximum Gasteiger partial charge on any atom is 0.256 e. The lowest BCUT2D eigenvalue weighted by molar-refractivity contribution is 0.102. The molecule has 3 N–H and O–H groups in total. The molecule has 2 rings (SSSR count). The molecule has 0 saturated carbocycles. The summed E-state index contributed by atoms with van der Waals surface area (Å²) in [5.41, 5.74) is 7.66. The lowest BCUT2D eigenvalue weighted by Gasteiger charge is -2.09. The second kappa shape index (κ2) is 6.72. The quantitative estimate of drug-likeness (QED) is 0.804. The van der Waals surface area contributed by atoms with E-state index in [2.05, 4.69) is 28.2 Å². The molecule has 1 amide bonds. The van der Waals surface area contributed by atoms with E-state index in [9.17, 15) is 9.18 Å². The van der Waals surface area contributed by atoms with E-state index in [4.69, 9.17) is 5.73 Å². The van der Waals surface area contributed by atoms with E-state index >= 15 is 0 Å². The van der Waals surface area contributed by atoms with Crippen LogP contribution in [0.3, 0.4) is 0 Å². The molecule has 2 aromatic carbocycles. The molecular weight excluding hydrogens is 335 g/mol. The fraction of sp³-hybridized carbons (Fsp3) is 0.188. The number of carbonyl (C=O) groups is 1. The molecule has 0 unspecified atom stereocenters. The number of nitrogens with two attached hydrogens (primary N) is 1. The molecule has 0 aliphatic heterocycles. The molecule has 0 aliphatic rings. The summed E-state index contributed by atoms with van der Waals surface area (Å²) in [6.07, 6.45) is 2.09. The third kappa shape index (κ3) is 3.82. The monoisotopic (exact) mass is 350 g/mol. The summed E-state index contributed by atoms with van der Waals surface area (Å²) >= 11 is 3.17. The number of aryl methyl sites for hydroxylation is 1. The van der Waals surface area contributed by atoms with Crippen molar-refractivity contribution in [1.82, 2.24) is 0 Å². The van der Waals surface area contributed by atoms with Crippen LogP contribution in [0.15, 0.2) is 40.9 Å². The second-order valence-electron chi connectivity index (χ2n) is 4.75. The van der Waals surface area contributed by atoms with Gasteiger partial charge in [-0.05, 0) is 52.2 Å². The van der Waals surface area contributed by atoms with Gasteiger partial charge in [-0.15, -0.1) is 0 Å². The lowest BCUT2D eigenvalue weighted by Crippen LogP contribution is -2.13. The first-order chi connectivity index (χ1) is 10.0. The van der Waals surface area contributed by atoms with Crippen molar-refractivity contribution in [3.63, 3.8) is 0 Å². The largest absolute Gasteiger partial charge is 0.396 e. The van der Waals surface area contributed by atoms with Gasteiger partial charge in [-0.3, -0.25) is 4.79 Å². The molecule has 0 fully saturated rings. The first kappa shape index (κ1) is 15.5. The van der Waals surface area contributed by atoms with Gasteiger partial charge in [-0.2, -0.15) is 0 Å². The van der Waals surface area contributed by atoms with Crippen LogP contribution in [-0.4, -0.2) is 5.91 Å². The van der Waals surface area contributed by atoms with Gasteiger partial charge >= 0.3 is 0 Å². The van der Waals surface area contributed by atoms with E-state index in [1.807, 2.05) is 24.3 Å². The third-order valence-electron chi connectivity index (χ3n) is 3.08. The van der Waals surface area contributed by atoms with Crippen LogP contribution < -0.4 is 11.1 Å². The van der Waals surface area contributed by atoms with Gasteiger partial charge in [0.05, 0.1) is 11.3 Å². The van der Waals surface area contributed by atoms with E-state index in [0.717, 1.165) is 12.8 Å². The number of nitrogen functional groups attached to an aromatic ring is 1. The highest BCUT2D eigenvalue weighted by Gasteiger charge is 2.13. The normalized spacial score (nSPS) is 10.4. The van der Waals surface area contributed by atoms with Gasteiger partial charge in [0.2, 0.25) is 0 Å². The number of amides is 1. The Morgan fingerprint density at radius 2 is 1.95 bits per heavy atom. The van der Waals surface area contributed by atoms with E-state index in [1.54, 1.807) is 0 Å². The summed E-state index contributed by atoms with van der Waals surface area (Å²) in [6.45, 7) is 2.12. The van der Waals surface area contributed by atoms with Crippen molar-refractivity contribution in [3.8, 4) is 0 Å². The molecule has 0 atom stereocenters. The molecule has 2 aromatic rings. The molecule has 0 spiro atoms. The number of hydrogen-bond donors (Lipinski definition) is 2. The number of carbonyl (C=O) groups excluding carboxylic acids is 1. The minimum absolute atomic E-state index is 0.0540. The van der Waals surface area contributed by atoms with E-state index in [1.165, 1.54) is 17.7 Å². The Bertz CT molecular complexity index is 656. The maximum atomic E-state index is 13.3. The number of rotatable bonds is 4. The van der Waals surface area contributed by atoms with Crippen LogP contribution in [0.25, 0.3) is 0 Å². The molecule has 3 nitrogen and oxygen atoms in total. The van der Waals surface area contributed by atoms with Crippen molar-refractivity contribution < 1.29 is 9.18 Å². The Kier molecular flexibility index (Phi) is 4.96. The Hall–Kier alpha value is -1.88. The van der Waals surface area contributed by atoms with Gasteiger partial charge in [0, 0.05) is 10.2 Å². The van der Waals surface area contributed by atoms with Crippen LogP contribution in [0.2, 0.25) is 0 Å². The zero-order valence-electron chi connectivity index (χ0n) is 11.6. The molecule has 0 aromatic heterocycles. The first-order valence-corrected chi connectivity index (χ1v) is 7.45. The molecular formula is C16H16BrFN2O. The highest BCUT2D eigenvalue weighted by atomic mass is 79.9. The summed E-state index contributed by atoms with van der Waals surface area (Å²) in [6, 6.07) is 10.2.